The number of aromatic nitrogens is 1. The number of esters is 1. The predicted molar refractivity (Wildman–Crippen MR) is 98.2 cm³/mol. The van der Waals surface area contributed by atoms with E-state index in [1.54, 1.807) is 25.4 Å². The summed E-state index contributed by atoms with van der Waals surface area (Å²) in [6, 6.07) is 2.80. The van der Waals surface area contributed by atoms with Crippen LogP contribution in [0.15, 0.2) is 27.7 Å². The van der Waals surface area contributed by atoms with E-state index in [-0.39, 0.29) is 23.8 Å². The summed E-state index contributed by atoms with van der Waals surface area (Å²) in [5.41, 5.74) is 1.19. The Morgan fingerprint density at radius 2 is 2.19 bits per heavy atom. The Kier molecular flexibility index (Phi) is 5.53. The van der Waals surface area contributed by atoms with Crippen molar-refractivity contribution in [1.29, 1.82) is 0 Å². The summed E-state index contributed by atoms with van der Waals surface area (Å²) in [7, 11) is 0. The van der Waals surface area contributed by atoms with Gasteiger partial charge in [0.05, 0.1) is 25.9 Å². The van der Waals surface area contributed by atoms with Crippen LogP contribution in [0.5, 0.6) is 5.75 Å². The molecule has 142 valence electrons. The van der Waals surface area contributed by atoms with Gasteiger partial charge in [-0.15, -0.1) is 0 Å². The van der Waals surface area contributed by atoms with E-state index >= 15 is 0 Å². The van der Waals surface area contributed by atoms with Crippen LogP contribution in [0, 0.1) is 0 Å². The molecule has 2 aromatic rings. The number of fused-ring (bicyclic) bond motifs is 1. The van der Waals surface area contributed by atoms with Gasteiger partial charge in [0.2, 0.25) is 5.88 Å². The lowest BCUT2D eigenvalue weighted by Crippen LogP contribution is -2.28. The summed E-state index contributed by atoms with van der Waals surface area (Å²) in [5, 5.41) is 31.7. The summed E-state index contributed by atoms with van der Waals surface area (Å²) >= 11 is 0. The van der Waals surface area contributed by atoms with Crippen LogP contribution in [0.25, 0.3) is 11.6 Å². The standard InChI is InChI=1S/C18H19N3O6/c1-2-26-18(25)14-15(24)13(27-17(14)21-11(8-22)9-23)6-10-7-20-16-12(10)4-3-5-19-16/h3-7,11,21-24H,2,8-9H2,1H3. The molecule has 0 saturated heterocycles. The molecular weight excluding hydrogens is 354 g/mol. The minimum absolute atomic E-state index is 0.00772. The predicted octanol–water partition coefficient (Wildman–Crippen LogP) is 1.58. The van der Waals surface area contributed by atoms with E-state index in [4.69, 9.17) is 9.15 Å². The van der Waals surface area contributed by atoms with Gasteiger partial charge in [0.25, 0.3) is 0 Å². The second kappa shape index (κ2) is 8.02. The van der Waals surface area contributed by atoms with Gasteiger partial charge in [0.1, 0.15) is 0 Å². The third kappa shape index (κ3) is 3.69. The number of anilines is 1. The van der Waals surface area contributed by atoms with Crippen molar-refractivity contribution in [3.8, 4) is 5.75 Å². The average Bonchev–Trinajstić information content (AvgIpc) is 3.21. The first-order valence-electron chi connectivity index (χ1n) is 8.31. The van der Waals surface area contributed by atoms with Gasteiger partial charge in [-0.1, -0.05) is 0 Å². The third-order valence-electron chi connectivity index (χ3n) is 3.88. The largest absolute Gasteiger partial charge is 0.504 e. The first kappa shape index (κ1) is 18.6. The average molecular weight is 373 g/mol. The first-order chi connectivity index (χ1) is 13.1. The number of rotatable bonds is 7. The van der Waals surface area contributed by atoms with Crippen LogP contribution < -0.4 is 5.32 Å². The lowest BCUT2D eigenvalue weighted by Gasteiger charge is -2.13. The number of hydrogen-bond acceptors (Lipinski definition) is 9. The first-order valence-corrected chi connectivity index (χ1v) is 8.31. The van der Waals surface area contributed by atoms with Crippen LogP contribution >= 0.6 is 0 Å². The molecule has 1 aliphatic heterocycles. The number of aromatic hydroxyl groups is 1. The third-order valence-corrected chi connectivity index (χ3v) is 3.88. The zero-order valence-electron chi connectivity index (χ0n) is 14.5. The molecule has 0 aliphatic carbocycles. The molecule has 0 amide bonds. The molecular formula is C18H19N3O6. The quantitative estimate of drug-likeness (QED) is 0.537. The number of aliphatic hydroxyl groups is 2. The van der Waals surface area contributed by atoms with Crippen molar-refractivity contribution in [2.75, 3.05) is 25.1 Å². The van der Waals surface area contributed by atoms with Crippen LogP contribution in [0.3, 0.4) is 0 Å². The summed E-state index contributed by atoms with van der Waals surface area (Å²) < 4.78 is 10.5. The number of furan rings is 1. The fourth-order valence-corrected chi connectivity index (χ4v) is 2.55. The van der Waals surface area contributed by atoms with Gasteiger partial charge in [0.15, 0.2) is 22.9 Å². The topological polar surface area (TPSA) is 137 Å². The number of aliphatic imine (C=N–C) groups is 1. The van der Waals surface area contributed by atoms with Crippen molar-refractivity contribution in [3.63, 3.8) is 0 Å². The Balaban J connectivity index is 2.03. The molecule has 0 atom stereocenters. The highest BCUT2D eigenvalue weighted by Gasteiger charge is 2.28. The number of ether oxygens (including phenoxy) is 1. The maximum absolute atomic E-state index is 12.2. The Morgan fingerprint density at radius 1 is 1.41 bits per heavy atom. The SMILES string of the molecule is CCOC(=O)c1c(NC(CO)CO)oc(C=C2C=Nc3ncccc32)c1O. The van der Waals surface area contributed by atoms with Crippen molar-refractivity contribution in [2.24, 2.45) is 4.99 Å². The van der Waals surface area contributed by atoms with Gasteiger partial charge in [0, 0.05) is 23.5 Å². The van der Waals surface area contributed by atoms with Crippen LogP contribution in [0.4, 0.5) is 11.7 Å². The van der Waals surface area contributed by atoms with E-state index in [0.717, 1.165) is 5.56 Å². The van der Waals surface area contributed by atoms with Gasteiger partial charge >= 0.3 is 5.97 Å². The van der Waals surface area contributed by atoms with Crippen molar-refractivity contribution in [2.45, 2.75) is 13.0 Å². The number of carbonyl (C=O) groups is 1. The molecule has 0 bridgehead atoms. The lowest BCUT2D eigenvalue weighted by atomic mass is 10.1. The molecule has 0 spiro atoms. The number of nitrogens with one attached hydrogen (secondary N) is 1. The molecule has 9 nitrogen and oxygen atoms in total. The zero-order valence-corrected chi connectivity index (χ0v) is 14.5. The maximum atomic E-state index is 12.2. The Morgan fingerprint density at radius 3 is 2.89 bits per heavy atom. The number of aliphatic hydroxyl groups excluding tert-OH is 2. The molecule has 0 radical (unpaired) electrons. The van der Waals surface area contributed by atoms with Crippen molar-refractivity contribution in [1.82, 2.24) is 4.98 Å². The molecule has 3 rings (SSSR count). The highest BCUT2D eigenvalue weighted by molar-refractivity contribution is 6.21. The summed E-state index contributed by atoms with van der Waals surface area (Å²) in [6.45, 7) is 0.938. The van der Waals surface area contributed by atoms with Gasteiger partial charge in [-0.05, 0) is 25.1 Å². The molecule has 1 aliphatic rings. The number of pyridine rings is 1. The molecule has 9 heteroatoms. The fourth-order valence-electron chi connectivity index (χ4n) is 2.55. The lowest BCUT2D eigenvalue weighted by molar-refractivity contribution is 0.0523. The smallest absolute Gasteiger partial charge is 0.347 e. The highest BCUT2D eigenvalue weighted by atomic mass is 16.5. The Bertz CT molecular complexity index is 898. The van der Waals surface area contributed by atoms with Crippen LogP contribution in [-0.2, 0) is 4.74 Å². The number of allylic oxidation sites excluding steroid dienone is 1. The fraction of sp³-hybridized carbons (Fsp3) is 0.278. The van der Waals surface area contributed by atoms with Crippen molar-refractivity contribution in [3.05, 3.63) is 35.2 Å². The Hall–Kier alpha value is -3.17. The minimum Gasteiger partial charge on any atom is -0.504 e. The summed E-state index contributed by atoms with van der Waals surface area (Å²) in [5.74, 6) is -0.758. The molecule has 3 heterocycles. The van der Waals surface area contributed by atoms with E-state index < -0.39 is 31.0 Å². The van der Waals surface area contributed by atoms with Crippen LogP contribution in [0.1, 0.15) is 28.6 Å². The van der Waals surface area contributed by atoms with E-state index in [1.165, 1.54) is 6.08 Å². The van der Waals surface area contributed by atoms with Crippen LogP contribution in [0.2, 0.25) is 0 Å². The number of hydrogen-bond donors (Lipinski definition) is 4. The normalized spacial score (nSPS) is 14.0. The van der Waals surface area contributed by atoms with E-state index in [1.807, 2.05) is 6.07 Å². The van der Waals surface area contributed by atoms with Crippen LogP contribution in [-0.4, -0.2) is 58.3 Å². The number of carbonyl (C=O) groups excluding carboxylic acids is 1. The maximum Gasteiger partial charge on any atom is 0.347 e. The molecule has 4 N–H and O–H groups in total. The molecule has 0 aromatic carbocycles. The summed E-state index contributed by atoms with van der Waals surface area (Å²) in [6.07, 6.45) is 4.71. The zero-order chi connectivity index (χ0) is 19.4. The molecule has 0 unspecified atom stereocenters. The van der Waals surface area contributed by atoms with E-state index in [9.17, 15) is 20.1 Å². The number of nitrogens with zero attached hydrogens (tertiary/aromatic N) is 2. The van der Waals surface area contributed by atoms with Gasteiger partial charge in [-0.2, -0.15) is 0 Å². The molecule has 2 aromatic heterocycles. The van der Waals surface area contributed by atoms with Crippen molar-refractivity contribution < 1.29 is 29.3 Å². The van der Waals surface area contributed by atoms with Crippen molar-refractivity contribution >= 4 is 35.5 Å². The molecule has 27 heavy (non-hydrogen) atoms. The minimum atomic E-state index is -0.789. The Labute approximate surface area is 154 Å². The van der Waals surface area contributed by atoms with E-state index in [2.05, 4.69) is 15.3 Å². The monoisotopic (exact) mass is 373 g/mol. The van der Waals surface area contributed by atoms with E-state index in [0.29, 0.717) is 11.4 Å². The van der Waals surface area contributed by atoms with Gasteiger partial charge in [-0.3, -0.25) is 0 Å². The second-order valence-corrected chi connectivity index (χ2v) is 5.68. The van der Waals surface area contributed by atoms with Gasteiger partial charge < -0.3 is 29.8 Å². The second-order valence-electron chi connectivity index (χ2n) is 5.68. The molecule has 0 saturated carbocycles. The van der Waals surface area contributed by atoms with Gasteiger partial charge in [-0.25, -0.2) is 14.8 Å². The molecule has 0 fully saturated rings. The summed E-state index contributed by atoms with van der Waals surface area (Å²) in [4.78, 5) is 20.5. The highest BCUT2D eigenvalue weighted by Crippen LogP contribution is 2.38.